The van der Waals surface area contributed by atoms with Gasteiger partial charge in [0.25, 0.3) is 0 Å². The highest BCUT2D eigenvalue weighted by atomic mass is 16.4. The number of hydrogen-bond acceptors (Lipinski definition) is 4. The van der Waals surface area contributed by atoms with E-state index >= 15 is 0 Å². The molecule has 0 saturated heterocycles. The van der Waals surface area contributed by atoms with Gasteiger partial charge in [-0.15, -0.1) is 0 Å². The summed E-state index contributed by atoms with van der Waals surface area (Å²) < 4.78 is 5.88. The smallest absolute Gasteiger partial charge is 0.209 e. The Labute approximate surface area is 125 Å². The lowest BCUT2D eigenvalue weighted by Gasteiger charge is -2.19. The zero-order chi connectivity index (χ0) is 14.5. The van der Waals surface area contributed by atoms with Crippen LogP contribution in [0.5, 0.6) is 0 Å². The van der Waals surface area contributed by atoms with Gasteiger partial charge in [-0.3, -0.25) is 4.90 Å². The molecule has 0 unspecified atom stereocenters. The Morgan fingerprint density at radius 2 is 2.00 bits per heavy atom. The molecule has 1 N–H and O–H groups in total. The van der Waals surface area contributed by atoms with Gasteiger partial charge in [0.2, 0.25) is 5.89 Å². The maximum Gasteiger partial charge on any atom is 0.209 e. The second kappa shape index (κ2) is 6.87. The number of aromatic nitrogens is 1. The van der Waals surface area contributed by atoms with Crippen molar-refractivity contribution in [3.8, 4) is 11.3 Å². The minimum absolute atomic E-state index is 0.273. The van der Waals surface area contributed by atoms with Crippen molar-refractivity contribution >= 4 is 0 Å². The van der Waals surface area contributed by atoms with E-state index in [9.17, 15) is 0 Å². The van der Waals surface area contributed by atoms with Crippen LogP contribution in [-0.4, -0.2) is 34.2 Å². The first-order valence-corrected chi connectivity index (χ1v) is 7.72. The highest BCUT2D eigenvalue weighted by molar-refractivity contribution is 5.55. The molecule has 0 atom stereocenters. The molecule has 0 amide bonds. The molecule has 1 aromatic heterocycles. The van der Waals surface area contributed by atoms with Crippen LogP contribution < -0.4 is 0 Å². The van der Waals surface area contributed by atoms with E-state index in [0.717, 1.165) is 43.1 Å². The molecule has 0 spiro atoms. The van der Waals surface area contributed by atoms with Crippen molar-refractivity contribution in [2.75, 3.05) is 13.2 Å². The van der Waals surface area contributed by atoms with E-state index in [0.29, 0.717) is 6.04 Å². The molecule has 0 aliphatic heterocycles. The third-order valence-electron chi connectivity index (χ3n) is 3.87. The molecule has 1 saturated carbocycles. The molecular formula is C17H22N2O2. The molecule has 21 heavy (non-hydrogen) atoms. The highest BCUT2D eigenvalue weighted by Gasteiger charge is 2.29. The van der Waals surface area contributed by atoms with Gasteiger partial charge in [0.1, 0.15) is 0 Å². The second-order valence-electron chi connectivity index (χ2n) is 5.62. The van der Waals surface area contributed by atoms with E-state index < -0.39 is 0 Å². The molecule has 1 aliphatic rings. The first-order chi connectivity index (χ1) is 10.4. The van der Waals surface area contributed by atoms with Crippen LogP contribution >= 0.6 is 0 Å². The Balaban J connectivity index is 1.62. The van der Waals surface area contributed by atoms with Gasteiger partial charge in [-0.25, -0.2) is 4.98 Å². The fourth-order valence-electron chi connectivity index (χ4n) is 2.55. The van der Waals surface area contributed by atoms with Crippen LogP contribution in [0.2, 0.25) is 0 Å². The van der Waals surface area contributed by atoms with Gasteiger partial charge in [-0.1, -0.05) is 30.3 Å². The topological polar surface area (TPSA) is 49.5 Å². The van der Waals surface area contributed by atoms with Crippen LogP contribution in [0, 0.1) is 0 Å². The van der Waals surface area contributed by atoms with Crippen molar-refractivity contribution in [1.82, 2.24) is 9.88 Å². The molecule has 1 aromatic carbocycles. The van der Waals surface area contributed by atoms with Crippen LogP contribution in [0.3, 0.4) is 0 Å². The Bertz CT molecular complexity index is 549. The van der Waals surface area contributed by atoms with Crippen molar-refractivity contribution in [2.24, 2.45) is 0 Å². The Kier molecular flexibility index (Phi) is 4.68. The van der Waals surface area contributed by atoms with Crippen LogP contribution in [0.15, 0.2) is 40.9 Å². The van der Waals surface area contributed by atoms with E-state index in [2.05, 4.69) is 9.88 Å². The quantitative estimate of drug-likeness (QED) is 0.758. The Morgan fingerprint density at radius 3 is 2.71 bits per heavy atom. The Morgan fingerprint density at radius 1 is 1.19 bits per heavy atom. The largest absolute Gasteiger partial charge is 0.439 e. The highest BCUT2D eigenvalue weighted by Crippen LogP contribution is 2.29. The number of nitrogens with zero attached hydrogens (tertiary/aromatic N) is 2. The normalized spacial score (nSPS) is 14.8. The summed E-state index contributed by atoms with van der Waals surface area (Å²) in [5.74, 6) is 1.61. The number of oxazole rings is 1. The fourth-order valence-corrected chi connectivity index (χ4v) is 2.55. The molecule has 2 aromatic rings. The molecule has 112 valence electrons. The number of aliphatic hydroxyl groups excluding tert-OH is 1. The number of benzene rings is 1. The van der Waals surface area contributed by atoms with Gasteiger partial charge in [-0.05, 0) is 32.2 Å². The van der Waals surface area contributed by atoms with Crippen LogP contribution in [0.4, 0.5) is 0 Å². The number of aliphatic hydroxyl groups is 1. The summed E-state index contributed by atoms with van der Waals surface area (Å²) >= 11 is 0. The summed E-state index contributed by atoms with van der Waals surface area (Å²) in [7, 11) is 0. The maximum atomic E-state index is 8.90. The van der Waals surface area contributed by atoms with E-state index in [1.807, 2.05) is 36.5 Å². The third kappa shape index (κ3) is 3.93. The third-order valence-corrected chi connectivity index (χ3v) is 3.87. The molecule has 0 radical (unpaired) electrons. The second-order valence-corrected chi connectivity index (χ2v) is 5.62. The molecule has 3 rings (SSSR count). The number of hydrogen-bond donors (Lipinski definition) is 1. The van der Waals surface area contributed by atoms with Gasteiger partial charge >= 0.3 is 0 Å². The molecule has 4 heteroatoms. The van der Waals surface area contributed by atoms with Gasteiger partial charge in [-0.2, -0.15) is 0 Å². The van der Waals surface area contributed by atoms with Crippen molar-refractivity contribution in [2.45, 2.75) is 38.3 Å². The zero-order valence-electron chi connectivity index (χ0n) is 12.2. The minimum Gasteiger partial charge on any atom is -0.439 e. The number of unbranched alkanes of at least 4 members (excludes halogenated alkanes) is 1. The van der Waals surface area contributed by atoms with E-state index in [1.54, 1.807) is 0 Å². The van der Waals surface area contributed by atoms with Gasteiger partial charge < -0.3 is 9.52 Å². The van der Waals surface area contributed by atoms with Gasteiger partial charge in [0.05, 0.1) is 12.7 Å². The van der Waals surface area contributed by atoms with Gasteiger partial charge in [0.15, 0.2) is 5.76 Å². The monoisotopic (exact) mass is 286 g/mol. The molecule has 1 fully saturated rings. The number of rotatable bonds is 8. The van der Waals surface area contributed by atoms with Crippen molar-refractivity contribution < 1.29 is 9.52 Å². The molecule has 4 nitrogen and oxygen atoms in total. The summed E-state index contributed by atoms with van der Waals surface area (Å²) in [6.07, 6.45) is 6.24. The standard InChI is InChI=1S/C17H22N2O2/c20-11-5-4-10-19(15-8-9-15)13-17-18-12-16(21-17)14-6-2-1-3-7-14/h1-3,6-7,12,15,20H,4-5,8-11,13H2. The Hall–Kier alpha value is -1.65. The minimum atomic E-state index is 0.273. The summed E-state index contributed by atoms with van der Waals surface area (Å²) in [4.78, 5) is 6.84. The average Bonchev–Trinajstić information content (AvgIpc) is 3.27. The lowest BCUT2D eigenvalue weighted by atomic mass is 10.2. The lowest BCUT2D eigenvalue weighted by Crippen LogP contribution is -2.27. The maximum absolute atomic E-state index is 8.90. The van der Waals surface area contributed by atoms with Crippen LogP contribution in [-0.2, 0) is 6.54 Å². The molecule has 0 bridgehead atoms. The summed E-state index contributed by atoms with van der Waals surface area (Å²) in [6.45, 7) is 2.05. The van der Waals surface area contributed by atoms with E-state index in [1.165, 1.54) is 12.8 Å². The fraction of sp³-hybridized carbons (Fsp3) is 0.471. The summed E-state index contributed by atoms with van der Waals surface area (Å²) in [5, 5.41) is 8.90. The predicted molar refractivity (Wildman–Crippen MR) is 81.7 cm³/mol. The van der Waals surface area contributed by atoms with E-state index in [-0.39, 0.29) is 6.61 Å². The molecule has 1 heterocycles. The van der Waals surface area contributed by atoms with Crippen molar-refractivity contribution in [3.63, 3.8) is 0 Å². The summed E-state index contributed by atoms with van der Waals surface area (Å²) in [6, 6.07) is 10.7. The van der Waals surface area contributed by atoms with Gasteiger partial charge in [0, 0.05) is 18.2 Å². The zero-order valence-corrected chi connectivity index (χ0v) is 12.2. The first kappa shape index (κ1) is 14.3. The molecule has 1 aliphatic carbocycles. The first-order valence-electron chi connectivity index (χ1n) is 7.72. The van der Waals surface area contributed by atoms with Crippen LogP contribution in [0.25, 0.3) is 11.3 Å². The average molecular weight is 286 g/mol. The molecular weight excluding hydrogens is 264 g/mol. The predicted octanol–water partition coefficient (Wildman–Crippen LogP) is 3.08. The van der Waals surface area contributed by atoms with Crippen LogP contribution in [0.1, 0.15) is 31.6 Å². The lowest BCUT2D eigenvalue weighted by molar-refractivity contribution is 0.212. The van der Waals surface area contributed by atoms with E-state index in [4.69, 9.17) is 9.52 Å². The van der Waals surface area contributed by atoms with Crippen molar-refractivity contribution in [3.05, 3.63) is 42.4 Å². The summed E-state index contributed by atoms with van der Waals surface area (Å²) in [5.41, 5.74) is 1.06. The van der Waals surface area contributed by atoms with Crippen molar-refractivity contribution in [1.29, 1.82) is 0 Å². The SMILES string of the molecule is OCCCCN(Cc1ncc(-c2ccccc2)o1)C1CC1.